The SMILES string of the molecule is COc1cccc(C(C)NC(=O)NC2CCCCC2)c1. The smallest absolute Gasteiger partial charge is 0.315 e. The summed E-state index contributed by atoms with van der Waals surface area (Å²) in [6, 6.07) is 8.01. The minimum Gasteiger partial charge on any atom is -0.497 e. The molecule has 1 atom stereocenters. The van der Waals surface area contributed by atoms with E-state index in [0.29, 0.717) is 6.04 Å². The molecule has 0 spiro atoms. The van der Waals surface area contributed by atoms with Crippen LogP contribution in [0.2, 0.25) is 0 Å². The van der Waals surface area contributed by atoms with Crippen LogP contribution < -0.4 is 15.4 Å². The number of carbonyl (C=O) groups excluding carboxylic acids is 1. The summed E-state index contributed by atoms with van der Waals surface area (Å²) in [5.74, 6) is 0.809. The molecule has 1 unspecified atom stereocenters. The van der Waals surface area contributed by atoms with E-state index >= 15 is 0 Å². The monoisotopic (exact) mass is 276 g/mol. The second-order valence-electron chi connectivity index (χ2n) is 5.45. The van der Waals surface area contributed by atoms with Gasteiger partial charge < -0.3 is 15.4 Å². The molecule has 1 aromatic rings. The lowest BCUT2D eigenvalue weighted by molar-refractivity contribution is 0.229. The largest absolute Gasteiger partial charge is 0.497 e. The van der Waals surface area contributed by atoms with Gasteiger partial charge in [0.15, 0.2) is 0 Å². The second-order valence-corrected chi connectivity index (χ2v) is 5.45. The number of hydrogen-bond acceptors (Lipinski definition) is 2. The fourth-order valence-electron chi connectivity index (χ4n) is 2.66. The Hall–Kier alpha value is -1.71. The van der Waals surface area contributed by atoms with Crippen LogP contribution >= 0.6 is 0 Å². The summed E-state index contributed by atoms with van der Waals surface area (Å²) in [7, 11) is 1.65. The predicted octanol–water partition coefficient (Wildman–Crippen LogP) is 3.39. The van der Waals surface area contributed by atoms with E-state index < -0.39 is 0 Å². The van der Waals surface area contributed by atoms with Crippen LogP contribution in [0.1, 0.15) is 50.6 Å². The van der Waals surface area contributed by atoms with Crippen molar-refractivity contribution in [2.75, 3.05) is 7.11 Å². The molecule has 1 aliphatic carbocycles. The van der Waals surface area contributed by atoms with E-state index in [2.05, 4.69) is 10.6 Å². The van der Waals surface area contributed by atoms with E-state index in [9.17, 15) is 4.79 Å². The van der Waals surface area contributed by atoms with Crippen LogP contribution in [-0.4, -0.2) is 19.2 Å². The highest BCUT2D eigenvalue weighted by molar-refractivity contribution is 5.74. The lowest BCUT2D eigenvalue weighted by atomic mass is 9.96. The second kappa shape index (κ2) is 7.17. The first-order valence-corrected chi connectivity index (χ1v) is 7.40. The molecule has 110 valence electrons. The molecule has 0 heterocycles. The zero-order valence-corrected chi connectivity index (χ0v) is 12.3. The number of amides is 2. The fraction of sp³-hybridized carbons (Fsp3) is 0.562. The Labute approximate surface area is 120 Å². The Morgan fingerprint density at radius 2 is 2.05 bits per heavy atom. The minimum absolute atomic E-state index is 0.0336. The lowest BCUT2D eigenvalue weighted by Crippen LogP contribution is -2.43. The third-order valence-electron chi connectivity index (χ3n) is 3.88. The molecule has 0 aliphatic heterocycles. The maximum absolute atomic E-state index is 12.0. The Morgan fingerprint density at radius 3 is 2.75 bits per heavy atom. The molecule has 0 aromatic heterocycles. The number of urea groups is 1. The van der Waals surface area contributed by atoms with Gasteiger partial charge in [-0.3, -0.25) is 0 Å². The Morgan fingerprint density at radius 1 is 1.30 bits per heavy atom. The summed E-state index contributed by atoms with van der Waals surface area (Å²) < 4.78 is 5.20. The van der Waals surface area contributed by atoms with Crippen molar-refractivity contribution in [3.05, 3.63) is 29.8 Å². The zero-order chi connectivity index (χ0) is 14.4. The van der Waals surface area contributed by atoms with Gasteiger partial charge in [0.1, 0.15) is 5.75 Å². The van der Waals surface area contributed by atoms with Crippen molar-refractivity contribution in [1.82, 2.24) is 10.6 Å². The van der Waals surface area contributed by atoms with Crippen LogP contribution in [0.3, 0.4) is 0 Å². The Balaban J connectivity index is 1.86. The van der Waals surface area contributed by atoms with Gasteiger partial charge in [0.05, 0.1) is 13.2 Å². The van der Waals surface area contributed by atoms with Crippen LogP contribution in [0.5, 0.6) is 5.75 Å². The number of nitrogens with one attached hydrogen (secondary N) is 2. The highest BCUT2D eigenvalue weighted by atomic mass is 16.5. The highest BCUT2D eigenvalue weighted by Gasteiger charge is 2.17. The topological polar surface area (TPSA) is 50.4 Å². The molecule has 1 saturated carbocycles. The fourth-order valence-corrected chi connectivity index (χ4v) is 2.66. The molecular formula is C16H24N2O2. The first kappa shape index (κ1) is 14.7. The molecule has 4 heteroatoms. The zero-order valence-electron chi connectivity index (χ0n) is 12.3. The number of hydrogen-bond donors (Lipinski definition) is 2. The van der Waals surface area contributed by atoms with Crippen molar-refractivity contribution in [3.63, 3.8) is 0 Å². The van der Waals surface area contributed by atoms with Crippen molar-refractivity contribution in [3.8, 4) is 5.75 Å². The summed E-state index contributed by atoms with van der Waals surface area (Å²) >= 11 is 0. The van der Waals surface area contributed by atoms with E-state index in [1.807, 2.05) is 31.2 Å². The minimum atomic E-state index is -0.0766. The molecule has 20 heavy (non-hydrogen) atoms. The average molecular weight is 276 g/mol. The van der Waals surface area contributed by atoms with Gasteiger partial charge in [0.2, 0.25) is 0 Å². The quantitative estimate of drug-likeness (QED) is 0.885. The van der Waals surface area contributed by atoms with E-state index in [1.165, 1.54) is 19.3 Å². The van der Waals surface area contributed by atoms with Gasteiger partial charge in [-0.2, -0.15) is 0 Å². The van der Waals surface area contributed by atoms with Gasteiger partial charge in [-0.1, -0.05) is 31.4 Å². The molecule has 0 bridgehead atoms. The Bertz CT molecular complexity index is 442. The number of benzene rings is 1. The molecule has 2 N–H and O–H groups in total. The summed E-state index contributed by atoms with van der Waals surface area (Å²) in [4.78, 5) is 12.0. The van der Waals surface area contributed by atoms with E-state index in [0.717, 1.165) is 24.2 Å². The molecule has 1 aromatic carbocycles. The van der Waals surface area contributed by atoms with Crippen LogP contribution in [0, 0.1) is 0 Å². The van der Waals surface area contributed by atoms with E-state index in [1.54, 1.807) is 7.11 Å². The first-order valence-electron chi connectivity index (χ1n) is 7.40. The first-order chi connectivity index (χ1) is 9.69. The van der Waals surface area contributed by atoms with Gasteiger partial charge in [-0.25, -0.2) is 4.79 Å². The van der Waals surface area contributed by atoms with Crippen LogP contribution in [-0.2, 0) is 0 Å². The molecule has 2 rings (SSSR count). The summed E-state index contributed by atoms with van der Waals surface area (Å²) in [6.07, 6.45) is 5.93. The predicted molar refractivity (Wildman–Crippen MR) is 79.9 cm³/mol. The Kier molecular flexibility index (Phi) is 5.27. The molecule has 1 fully saturated rings. The number of methoxy groups -OCH3 is 1. The number of carbonyl (C=O) groups is 1. The van der Waals surface area contributed by atoms with Crippen molar-refractivity contribution >= 4 is 6.03 Å². The molecule has 0 radical (unpaired) electrons. The van der Waals surface area contributed by atoms with E-state index in [-0.39, 0.29) is 12.1 Å². The maximum Gasteiger partial charge on any atom is 0.315 e. The molecule has 0 saturated heterocycles. The number of ether oxygens (including phenoxy) is 1. The van der Waals surface area contributed by atoms with Crippen molar-refractivity contribution < 1.29 is 9.53 Å². The standard InChI is InChI=1S/C16H24N2O2/c1-12(13-7-6-10-15(11-13)20-2)17-16(19)18-14-8-4-3-5-9-14/h6-7,10-12,14H,3-5,8-9H2,1-2H3,(H2,17,18,19). The van der Waals surface area contributed by atoms with Gasteiger partial charge >= 0.3 is 6.03 Å². The third-order valence-corrected chi connectivity index (χ3v) is 3.88. The van der Waals surface area contributed by atoms with Gasteiger partial charge in [0.25, 0.3) is 0 Å². The molecule has 1 aliphatic rings. The van der Waals surface area contributed by atoms with E-state index in [4.69, 9.17) is 4.74 Å². The van der Waals surface area contributed by atoms with Gasteiger partial charge in [-0.05, 0) is 37.5 Å². The van der Waals surface area contributed by atoms with Crippen molar-refractivity contribution in [2.24, 2.45) is 0 Å². The van der Waals surface area contributed by atoms with Crippen LogP contribution in [0.25, 0.3) is 0 Å². The molecule has 4 nitrogen and oxygen atoms in total. The maximum atomic E-state index is 12.0. The normalized spacial score (nSPS) is 17.3. The molecule has 2 amide bonds. The third kappa shape index (κ3) is 4.15. The van der Waals surface area contributed by atoms with Gasteiger partial charge in [-0.15, -0.1) is 0 Å². The summed E-state index contributed by atoms with van der Waals surface area (Å²) in [6.45, 7) is 1.98. The number of rotatable bonds is 4. The van der Waals surface area contributed by atoms with Gasteiger partial charge in [0, 0.05) is 6.04 Å². The molecular weight excluding hydrogens is 252 g/mol. The van der Waals surface area contributed by atoms with Crippen LogP contribution in [0.15, 0.2) is 24.3 Å². The van der Waals surface area contributed by atoms with Crippen molar-refractivity contribution in [1.29, 1.82) is 0 Å². The summed E-state index contributed by atoms with van der Waals surface area (Å²) in [5.41, 5.74) is 1.04. The average Bonchev–Trinajstić information content (AvgIpc) is 2.48. The van der Waals surface area contributed by atoms with Crippen LogP contribution in [0.4, 0.5) is 4.79 Å². The highest BCUT2D eigenvalue weighted by Crippen LogP contribution is 2.19. The summed E-state index contributed by atoms with van der Waals surface area (Å²) in [5, 5.41) is 6.06. The van der Waals surface area contributed by atoms with Crippen molar-refractivity contribution in [2.45, 2.75) is 51.1 Å². The lowest BCUT2D eigenvalue weighted by Gasteiger charge is -2.24.